The minimum absolute atomic E-state index is 0.241. The number of carbonyl (C=O) groups excluding carboxylic acids is 5. The van der Waals surface area contributed by atoms with Crippen molar-refractivity contribution in [2.45, 2.75) is 247 Å². The molecule has 0 aromatic heterocycles. The molecule has 5 aliphatic heterocycles. The number of ether oxygens (including phenoxy) is 9. The van der Waals surface area contributed by atoms with Crippen LogP contribution in [0.15, 0.2) is 0 Å². The second-order valence-electron chi connectivity index (χ2n) is 22.8. The Morgan fingerprint density at radius 3 is 1.37 bits per heavy atom. The molecule has 26 atom stereocenters. The van der Waals surface area contributed by atoms with Gasteiger partial charge in [-0.3, -0.25) is 24.0 Å². The fourth-order valence-electron chi connectivity index (χ4n) is 10.3. The topological polar surface area (TPSA) is 459 Å². The predicted molar refractivity (Wildman–Crippen MR) is 263 cm³/mol. The molecule has 0 bridgehead atoms. The first-order valence-electron chi connectivity index (χ1n) is 26.2. The second kappa shape index (κ2) is 28.0. The van der Waals surface area contributed by atoms with Gasteiger partial charge in [0.25, 0.3) is 0 Å². The Balaban J connectivity index is 1.37. The van der Waals surface area contributed by atoms with Crippen LogP contribution in [0.5, 0.6) is 0 Å². The van der Waals surface area contributed by atoms with E-state index in [0.717, 1.165) is 20.8 Å². The van der Waals surface area contributed by atoms with Crippen LogP contribution in [-0.4, -0.2) is 282 Å². The lowest BCUT2D eigenvalue weighted by Crippen LogP contribution is -2.70. The number of rotatable bonds is 21. The van der Waals surface area contributed by atoms with Gasteiger partial charge in [0.05, 0.1) is 50.7 Å². The summed E-state index contributed by atoms with van der Waals surface area (Å²) in [4.78, 5) is 64.7. The highest BCUT2D eigenvalue weighted by Gasteiger charge is 2.57. The Kier molecular flexibility index (Phi) is 23.6. The lowest BCUT2D eigenvalue weighted by Gasteiger charge is -2.50. The molecule has 0 aromatic rings. The first-order valence-corrected chi connectivity index (χ1v) is 26.2. The number of Topliss-reactive ketones (excluding diaryl/α,β-unsaturated/α-hetero) is 2. The van der Waals surface area contributed by atoms with Gasteiger partial charge >= 0.3 is 0 Å². The molecule has 5 aliphatic rings. The Hall–Kier alpha value is -3.13. The molecule has 456 valence electrons. The standard InChI is InChI=1S/C49H84N4O26/c1-17-31(62)41(78-47-42(37(68)33(64)25(14-55)74-47)79-44-29(51-19(3)59)34(65)32(63)24(13-54)73-44)38(69)46(71-17)77-40-27(16-57)75-45(30(36(40)67)52-20(4)60)76-39-26(15-56)72-23(28(35(39)66)50-18(2)58)12-21(61)11-22(53-49(8,9)10)43(70)48(5,6)7/h17,22-42,44-47,53-57,62-69H,11-16H2,1-10H3,(H,50,58)(H,51,59)(H,52,60)/t17?,22-,23?,24?,25?,26?,27?,28?,29?,30?,31?,32?,33?,34?,35?,36?,37?,38?,39?,40?,41?,42?,44?,45?,46?,47?/m0/s1. The number of carbonyl (C=O) groups is 5. The average molecular weight is 1150 g/mol. The summed E-state index contributed by atoms with van der Waals surface area (Å²) in [6, 6.07) is -5.58. The lowest BCUT2D eigenvalue weighted by molar-refractivity contribution is -0.389. The third kappa shape index (κ3) is 16.4. The molecule has 0 radical (unpaired) electrons. The summed E-state index contributed by atoms with van der Waals surface area (Å²) >= 11 is 0. The minimum Gasteiger partial charge on any atom is -0.394 e. The molecule has 25 unspecified atom stereocenters. The Labute approximate surface area is 456 Å². The van der Waals surface area contributed by atoms with E-state index in [2.05, 4.69) is 21.3 Å². The summed E-state index contributed by atoms with van der Waals surface area (Å²) in [5.74, 6) is -2.92. The van der Waals surface area contributed by atoms with Crippen LogP contribution in [0.4, 0.5) is 0 Å². The van der Waals surface area contributed by atoms with Crippen molar-refractivity contribution >= 4 is 29.3 Å². The lowest BCUT2D eigenvalue weighted by atomic mass is 9.82. The fraction of sp³-hybridized carbons (Fsp3) is 0.898. The minimum atomic E-state index is -2.12. The van der Waals surface area contributed by atoms with E-state index in [-0.39, 0.29) is 12.2 Å². The van der Waals surface area contributed by atoms with E-state index in [4.69, 9.17) is 42.6 Å². The van der Waals surface area contributed by atoms with E-state index >= 15 is 0 Å². The molecular formula is C49H84N4O26. The number of ketones is 2. The maximum Gasteiger partial charge on any atom is 0.217 e. The van der Waals surface area contributed by atoms with E-state index in [1.165, 1.54) is 6.92 Å². The average Bonchev–Trinajstić information content (AvgIpc) is 3.45. The highest BCUT2D eigenvalue weighted by atomic mass is 16.8. The van der Waals surface area contributed by atoms with Crippen LogP contribution in [-0.2, 0) is 66.6 Å². The van der Waals surface area contributed by atoms with Crippen molar-refractivity contribution in [1.82, 2.24) is 21.3 Å². The molecule has 0 saturated carbocycles. The molecule has 0 spiro atoms. The Morgan fingerprint density at radius 1 is 0.456 bits per heavy atom. The summed E-state index contributed by atoms with van der Waals surface area (Å²) in [5, 5.41) is 143. The summed E-state index contributed by atoms with van der Waals surface area (Å²) in [7, 11) is 0. The largest absolute Gasteiger partial charge is 0.394 e. The van der Waals surface area contributed by atoms with Gasteiger partial charge in [0.15, 0.2) is 30.9 Å². The molecule has 3 amide bonds. The number of aliphatic hydroxyl groups excluding tert-OH is 12. The van der Waals surface area contributed by atoms with Gasteiger partial charge in [0.1, 0.15) is 116 Å². The Morgan fingerprint density at radius 2 is 0.873 bits per heavy atom. The molecule has 5 rings (SSSR count). The second-order valence-corrected chi connectivity index (χ2v) is 22.8. The zero-order valence-corrected chi connectivity index (χ0v) is 45.8. The highest BCUT2D eigenvalue weighted by Crippen LogP contribution is 2.37. The van der Waals surface area contributed by atoms with E-state index in [0.29, 0.717) is 0 Å². The zero-order valence-electron chi connectivity index (χ0n) is 45.8. The monoisotopic (exact) mass is 1140 g/mol. The van der Waals surface area contributed by atoms with Crippen LogP contribution in [0.3, 0.4) is 0 Å². The Bertz CT molecular complexity index is 2030. The number of nitrogens with one attached hydrogen (secondary N) is 4. The van der Waals surface area contributed by atoms with Crippen LogP contribution in [0, 0.1) is 5.41 Å². The highest BCUT2D eigenvalue weighted by molar-refractivity contribution is 5.93. The van der Waals surface area contributed by atoms with Gasteiger partial charge < -0.3 is 125 Å². The summed E-state index contributed by atoms with van der Waals surface area (Å²) in [6.45, 7) is 11.6. The quantitative estimate of drug-likeness (QED) is 0.0508. The predicted octanol–water partition coefficient (Wildman–Crippen LogP) is -7.69. The third-order valence-corrected chi connectivity index (χ3v) is 14.1. The molecule has 30 nitrogen and oxygen atoms in total. The number of hydrogen-bond donors (Lipinski definition) is 16. The normalized spacial score (nSPS) is 41.7. The van der Waals surface area contributed by atoms with Crippen molar-refractivity contribution < 1.29 is 128 Å². The van der Waals surface area contributed by atoms with Crippen LogP contribution in [0.25, 0.3) is 0 Å². The SMILES string of the molecule is CC(=O)NC1C(CC(=O)C[C@H](NC(C)(C)C)C(=O)C(C)(C)C)OC(CO)C(OC2OC(CO)C(OC3OC(C)C(O)C(OC4OC(CO)C(O)C(O)C4OC4OC(CO)C(O)C(O)C4NC(C)=O)C3O)C(O)C2NC(C)=O)C1O. The first kappa shape index (κ1) is 66.7. The molecular weight excluding hydrogens is 1060 g/mol. The fourth-order valence-corrected chi connectivity index (χ4v) is 10.3. The zero-order chi connectivity index (χ0) is 59.3. The number of aliphatic hydroxyl groups is 12. The van der Waals surface area contributed by atoms with Gasteiger partial charge in [-0.2, -0.15) is 0 Å². The molecule has 0 aliphatic carbocycles. The summed E-state index contributed by atoms with van der Waals surface area (Å²) in [6.07, 6.45) is -39.6. The van der Waals surface area contributed by atoms with Crippen LogP contribution < -0.4 is 21.3 Å². The molecule has 16 N–H and O–H groups in total. The number of hydrogen-bond acceptors (Lipinski definition) is 27. The van der Waals surface area contributed by atoms with Gasteiger partial charge in [-0.15, -0.1) is 0 Å². The van der Waals surface area contributed by atoms with Gasteiger partial charge in [-0.1, -0.05) is 20.8 Å². The van der Waals surface area contributed by atoms with E-state index in [1.807, 2.05) is 20.8 Å². The van der Waals surface area contributed by atoms with Crippen LogP contribution >= 0.6 is 0 Å². The van der Waals surface area contributed by atoms with Crippen molar-refractivity contribution in [3.63, 3.8) is 0 Å². The van der Waals surface area contributed by atoms with Gasteiger partial charge in [0, 0.05) is 44.6 Å². The van der Waals surface area contributed by atoms with Crippen LogP contribution in [0.1, 0.15) is 82.1 Å². The van der Waals surface area contributed by atoms with Gasteiger partial charge in [-0.05, 0) is 27.7 Å². The van der Waals surface area contributed by atoms with E-state index in [1.54, 1.807) is 20.8 Å². The summed E-state index contributed by atoms with van der Waals surface area (Å²) in [5.41, 5.74) is -1.41. The molecule has 5 fully saturated rings. The molecule has 0 aromatic carbocycles. The molecule has 79 heavy (non-hydrogen) atoms. The maximum atomic E-state index is 13.8. The summed E-state index contributed by atoms with van der Waals surface area (Å²) < 4.78 is 53.6. The van der Waals surface area contributed by atoms with Gasteiger partial charge in [-0.25, -0.2) is 0 Å². The molecule has 5 heterocycles. The number of amides is 3. The van der Waals surface area contributed by atoms with Gasteiger partial charge in [0.2, 0.25) is 17.7 Å². The van der Waals surface area contributed by atoms with E-state index in [9.17, 15) is 85.3 Å². The van der Waals surface area contributed by atoms with Crippen molar-refractivity contribution in [1.29, 1.82) is 0 Å². The van der Waals surface area contributed by atoms with Crippen molar-refractivity contribution in [2.24, 2.45) is 5.41 Å². The maximum absolute atomic E-state index is 13.8. The van der Waals surface area contributed by atoms with Crippen LogP contribution in [0.2, 0.25) is 0 Å². The smallest absolute Gasteiger partial charge is 0.217 e. The third-order valence-electron chi connectivity index (χ3n) is 14.1. The molecule has 30 heteroatoms. The molecule has 5 saturated heterocycles. The van der Waals surface area contributed by atoms with Crippen molar-refractivity contribution in [2.75, 3.05) is 26.4 Å². The van der Waals surface area contributed by atoms with Crippen molar-refractivity contribution in [3.8, 4) is 0 Å². The van der Waals surface area contributed by atoms with Crippen molar-refractivity contribution in [3.05, 3.63) is 0 Å². The first-order chi connectivity index (χ1) is 36.8. The van der Waals surface area contributed by atoms with E-state index < -0.39 is 227 Å².